The molecule has 6 heteroatoms. The van der Waals surface area contributed by atoms with E-state index in [-0.39, 0.29) is 17.6 Å². The minimum Gasteiger partial charge on any atom is -0.496 e. The second-order valence-corrected chi connectivity index (χ2v) is 6.73. The van der Waals surface area contributed by atoms with E-state index in [9.17, 15) is 14.0 Å². The molecule has 0 saturated carbocycles. The number of nitrogens with zero attached hydrogens (tertiary/aromatic N) is 2. The molecule has 0 spiro atoms. The lowest BCUT2D eigenvalue weighted by molar-refractivity contribution is 0.0535. The molecule has 1 saturated heterocycles. The van der Waals surface area contributed by atoms with Gasteiger partial charge in [-0.15, -0.1) is 0 Å². The first-order valence-corrected chi connectivity index (χ1v) is 8.90. The molecular formula is C21H23FN2O3. The van der Waals surface area contributed by atoms with Crippen molar-refractivity contribution in [2.75, 3.05) is 33.3 Å². The number of halogens is 1. The van der Waals surface area contributed by atoms with Crippen molar-refractivity contribution in [3.8, 4) is 5.75 Å². The summed E-state index contributed by atoms with van der Waals surface area (Å²) in [6.07, 6.45) is 0. The number of hydrogen-bond donors (Lipinski definition) is 0. The molecule has 142 valence electrons. The summed E-state index contributed by atoms with van der Waals surface area (Å²) in [5.74, 6) is -0.00109. The van der Waals surface area contributed by atoms with Crippen molar-refractivity contribution in [1.29, 1.82) is 0 Å². The van der Waals surface area contributed by atoms with E-state index in [0.717, 1.165) is 5.56 Å². The van der Waals surface area contributed by atoms with E-state index in [4.69, 9.17) is 4.74 Å². The second-order valence-electron chi connectivity index (χ2n) is 6.73. The van der Waals surface area contributed by atoms with Crippen molar-refractivity contribution >= 4 is 11.8 Å². The Morgan fingerprint density at radius 2 is 1.33 bits per heavy atom. The molecule has 5 nitrogen and oxygen atoms in total. The van der Waals surface area contributed by atoms with Crippen molar-refractivity contribution in [3.63, 3.8) is 0 Å². The summed E-state index contributed by atoms with van der Waals surface area (Å²) in [5, 5.41) is 0. The van der Waals surface area contributed by atoms with Gasteiger partial charge in [-0.1, -0.05) is 12.1 Å². The van der Waals surface area contributed by atoms with Crippen LogP contribution < -0.4 is 4.74 Å². The Kier molecular flexibility index (Phi) is 5.44. The standard InChI is InChI=1S/C21H23FN2O3/c1-14-4-6-16(12-18(14)22)20(25)23-8-10-24(11-9-23)21(26)17-7-5-15(2)19(13-17)27-3/h4-7,12-13H,8-11H2,1-3H3. The number of rotatable bonds is 3. The molecular weight excluding hydrogens is 347 g/mol. The summed E-state index contributed by atoms with van der Waals surface area (Å²) in [4.78, 5) is 28.7. The van der Waals surface area contributed by atoms with Crippen molar-refractivity contribution in [2.45, 2.75) is 13.8 Å². The van der Waals surface area contributed by atoms with Crippen LogP contribution in [-0.2, 0) is 0 Å². The molecule has 1 heterocycles. The van der Waals surface area contributed by atoms with Crippen LogP contribution in [-0.4, -0.2) is 54.9 Å². The van der Waals surface area contributed by atoms with Crippen LogP contribution in [0.15, 0.2) is 36.4 Å². The average Bonchev–Trinajstić information content (AvgIpc) is 2.69. The molecule has 0 bridgehead atoms. The second kappa shape index (κ2) is 7.78. The molecule has 0 aliphatic carbocycles. The van der Waals surface area contributed by atoms with Gasteiger partial charge in [0.25, 0.3) is 11.8 Å². The number of amides is 2. The molecule has 27 heavy (non-hydrogen) atoms. The van der Waals surface area contributed by atoms with Gasteiger partial charge in [0.2, 0.25) is 0 Å². The average molecular weight is 370 g/mol. The van der Waals surface area contributed by atoms with Crippen LogP contribution in [0.25, 0.3) is 0 Å². The van der Waals surface area contributed by atoms with Gasteiger partial charge in [-0.2, -0.15) is 0 Å². The lowest BCUT2D eigenvalue weighted by Crippen LogP contribution is -2.50. The van der Waals surface area contributed by atoms with Crippen LogP contribution in [0.1, 0.15) is 31.8 Å². The van der Waals surface area contributed by atoms with E-state index in [0.29, 0.717) is 48.6 Å². The van der Waals surface area contributed by atoms with E-state index in [1.807, 2.05) is 13.0 Å². The number of methoxy groups -OCH3 is 1. The Hall–Kier alpha value is -2.89. The van der Waals surface area contributed by atoms with Gasteiger partial charge in [-0.3, -0.25) is 9.59 Å². The topological polar surface area (TPSA) is 49.9 Å². The Morgan fingerprint density at radius 1 is 0.852 bits per heavy atom. The van der Waals surface area contributed by atoms with Crippen molar-refractivity contribution in [3.05, 3.63) is 64.5 Å². The molecule has 0 radical (unpaired) electrons. The first kappa shape index (κ1) is 18.9. The molecule has 0 atom stereocenters. The first-order chi connectivity index (χ1) is 12.9. The Balaban J connectivity index is 1.65. The molecule has 2 aromatic carbocycles. The Bertz CT molecular complexity index is 874. The van der Waals surface area contributed by atoms with Gasteiger partial charge in [0, 0.05) is 37.3 Å². The normalized spacial score (nSPS) is 14.2. The van der Waals surface area contributed by atoms with Gasteiger partial charge in [0.1, 0.15) is 11.6 Å². The van der Waals surface area contributed by atoms with E-state index in [1.165, 1.54) is 6.07 Å². The maximum absolute atomic E-state index is 13.7. The highest BCUT2D eigenvalue weighted by Gasteiger charge is 2.26. The molecule has 1 aliphatic heterocycles. The molecule has 1 fully saturated rings. The predicted octanol–water partition coefficient (Wildman–Crippen LogP) is 3.05. The fraction of sp³-hybridized carbons (Fsp3) is 0.333. The highest BCUT2D eigenvalue weighted by atomic mass is 19.1. The van der Waals surface area contributed by atoms with Gasteiger partial charge >= 0.3 is 0 Å². The number of hydrogen-bond acceptors (Lipinski definition) is 3. The first-order valence-electron chi connectivity index (χ1n) is 8.90. The maximum atomic E-state index is 13.7. The van der Waals surface area contributed by atoms with Crippen LogP contribution in [0.5, 0.6) is 5.75 Å². The number of ether oxygens (including phenoxy) is 1. The van der Waals surface area contributed by atoms with Crippen LogP contribution in [0.4, 0.5) is 4.39 Å². The van der Waals surface area contributed by atoms with E-state index in [1.54, 1.807) is 48.1 Å². The monoisotopic (exact) mass is 370 g/mol. The number of carbonyl (C=O) groups is 2. The van der Waals surface area contributed by atoms with E-state index >= 15 is 0 Å². The zero-order valence-corrected chi connectivity index (χ0v) is 15.8. The van der Waals surface area contributed by atoms with Crippen molar-refractivity contribution in [2.24, 2.45) is 0 Å². The highest BCUT2D eigenvalue weighted by molar-refractivity contribution is 5.96. The quantitative estimate of drug-likeness (QED) is 0.834. The molecule has 0 unspecified atom stereocenters. The van der Waals surface area contributed by atoms with Crippen LogP contribution in [0.3, 0.4) is 0 Å². The van der Waals surface area contributed by atoms with Gasteiger partial charge in [0.05, 0.1) is 7.11 Å². The van der Waals surface area contributed by atoms with Gasteiger partial charge < -0.3 is 14.5 Å². The lowest BCUT2D eigenvalue weighted by Gasteiger charge is -2.35. The zero-order chi connectivity index (χ0) is 19.6. The summed E-state index contributed by atoms with van der Waals surface area (Å²) in [6, 6.07) is 9.90. The minimum atomic E-state index is -0.386. The SMILES string of the molecule is COc1cc(C(=O)N2CCN(C(=O)c3ccc(C)c(F)c3)CC2)ccc1C. The lowest BCUT2D eigenvalue weighted by atomic mass is 10.1. The predicted molar refractivity (Wildman–Crippen MR) is 101 cm³/mol. The third-order valence-corrected chi connectivity index (χ3v) is 4.93. The van der Waals surface area contributed by atoms with Crippen LogP contribution in [0.2, 0.25) is 0 Å². The van der Waals surface area contributed by atoms with Crippen molar-refractivity contribution < 1.29 is 18.7 Å². The van der Waals surface area contributed by atoms with Crippen LogP contribution in [0, 0.1) is 19.7 Å². The van der Waals surface area contributed by atoms with Gasteiger partial charge in [-0.05, 0) is 49.2 Å². The summed E-state index contributed by atoms with van der Waals surface area (Å²) < 4.78 is 19.0. The number of carbonyl (C=O) groups excluding carboxylic acids is 2. The highest BCUT2D eigenvalue weighted by Crippen LogP contribution is 2.21. The number of benzene rings is 2. The molecule has 0 N–H and O–H groups in total. The Morgan fingerprint density at radius 3 is 1.81 bits per heavy atom. The molecule has 2 aromatic rings. The number of aryl methyl sites for hydroxylation is 2. The summed E-state index contributed by atoms with van der Waals surface area (Å²) in [7, 11) is 1.58. The third-order valence-electron chi connectivity index (χ3n) is 4.93. The largest absolute Gasteiger partial charge is 0.496 e. The summed E-state index contributed by atoms with van der Waals surface area (Å²) in [5.41, 5.74) is 2.38. The fourth-order valence-corrected chi connectivity index (χ4v) is 3.16. The smallest absolute Gasteiger partial charge is 0.254 e. The molecule has 0 aromatic heterocycles. The third kappa shape index (κ3) is 3.94. The van der Waals surface area contributed by atoms with E-state index in [2.05, 4.69) is 0 Å². The number of piperazine rings is 1. The molecule has 1 aliphatic rings. The summed E-state index contributed by atoms with van der Waals surface area (Å²) >= 11 is 0. The molecule has 2 amide bonds. The van der Waals surface area contributed by atoms with Crippen molar-refractivity contribution in [1.82, 2.24) is 9.80 Å². The van der Waals surface area contributed by atoms with Gasteiger partial charge in [-0.25, -0.2) is 4.39 Å². The Labute approximate surface area is 158 Å². The minimum absolute atomic E-state index is 0.0817. The maximum Gasteiger partial charge on any atom is 0.254 e. The van der Waals surface area contributed by atoms with Crippen LogP contribution >= 0.6 is 0 Å². The molecule has 3 rings (SSSR count). The summed E-state index contributed by atoms with van der Waals surface area (Å²) in [6.45, 7) is 5.30. The van der Waals surface area contributed by atoms with E-state index < -0.39 is 0 Å². The zero-order valence-electron chi connectivity index (χ0n) is 15.8. The van der Waals surface area contributed by atoms with Gasteiger partial charge in [0.15, 0.2) is 0 Å². The fourth-order valence-electron chi connectivity index (χ4n) is 3.16.